The Labute approximate surface area is 130 Å². The van der Waals surface area contributed by atoms with E-state index in [1.165, 1.54) is 24.1 Å². The molecule has 0 spiro atoms. The Morgan fingerprint density at radius 3 is 2.32 bits per heavy atom. The zero-order chi connectivity index (χ0) is 15.9. The number of nitrogens with one attached hydrogen (secondary N) is 1. The molecule has 4 nitrogen and oxygen atoms in total. The van der Waals surface area contributed by atoms with E-state index in [1.54, 1.807) is 10.6 Å². The molecule has 0 bridgehead atoms. The molecule has 3 rings (SSSR count). The molecular formula is C18H22N2O2. The molecular weight excluding hydrogens is 276 g/mol. The van der Waals surface area contributed by atoms with Gasteiger partial charge in [0.25, 0.3) is 5.56 Å². The summed E-state index contributed by atoms with van der Waals surface area (Å²) in [6.45, 7) is 3.81. The smallest absolute Gasteiger partial charge is 0.252 e. The summed E-state index contributed by atoms with van der Waals surface area (Å²) in [6.07, 6.45) is 3.00. The minimum atomic E-state index is -0.128. The van der Waals surface area contributed by atoms with Crippen molar-refractivity contribution in [2.75, 3.05) is 0 Å². The Morgan fingerprint density at radius 2 is 1.82 bits per heavy atom. The first-order valence-corrected chi connectivity index (χ1v) is 7.65. The van der Waals surface area contributed by atoms with Crippen LogP contribution in [0.5, 0.6) is 0 Å². The number of rotatable bonds is 5. The van der Waals surface area contributed by atoms with Gasteiger partial charge in [-0.05, 0) is 36.1 Å². The number of benzene rings is 1. The van der Waals surface area contributed by atoms with Gasteiger partial charge in [-0.3, -0.25) is 14.2 Å². The van der Waals surface area contributed by atoms with Crippen LogP contribution in [0.2, 0.25) is 0 Å². The summed E-state index contributed by atoms with van der Waals surface area (Å²) in [5.41, 5.74) is 3.76. The minimum absolute atomic E-state index is 0.0673. The van der Waals surface area contributed by atoms with Gasteiger partial charge in [-0.15, -0.1) is 0 Å². The zero-order valence-electron chi connectivity index (χ0n) is 13.1. The van der Waals surface area contributed by atoms with Crippen LogP contribution in [0.1, 0.15) is 32.4 Å². The van der Waals surface area contributed by atoms with E-state index in [2.05, 4.69) is 36.5 Å². The van der Waals surface area contributed by atoms with Crippen molar-refractivity contribution in [3.63, 3.8) is 0 Å². The monoisotopic (exact) mass is 298 g/mol. The van der Waals surface area contributed by atoms with Crippen molar-refractivity contribution in [3.05, 3.63) is 58.5 Å². The van der Waals surface area contributed by atoms with E-state index in [1.807, 2.05) is 6.07 Å². The fourth-order valence-electron chi connectivity index (χ4n) is 2.18. The molecule has 1 amide bonds. The van der Waals surface area contributed by atoms with Crippen molar-refractivity contribution >= 4 is 5.91 Å². The molecule has 1 N–H and O–H groups in total. The average Bonchev–Trinajstić information content (AvgIpc) is 3.10. The molecule has 1 aromatic rings. The number of amides is 1. The van der Waals surface area contributed by atoms with Gasteiger partial charge in [0.2, 0.25) is 5.91 Å². The molecule has 22 heavy (non-hydrogen) atoms. The standard InChI is InChI=1S/C12H18N2O2.C6H4/c1-3-4-6-11-7-5-8-12(16)14(11)9-13-10(2)15;1-2-5-4-6(5)3-1/h5,7-8H,3-4,6,9H2,1-2H3,(H,13,15);1-4H. The Balaban J connectivity index is 0.000000238. The number of aryl methyl sites for hydroxylation is 1. The summed E-state index contributed by atoms with van der Waals surface area (Å²) >= 11 is 0. The van der Waals surface area contributed by atoms with Crippen molar-refractivity contribution < 1.29 is 4.79 Å². The third-order valence-corrected chi connectivity index (χ3v) is 3.53. The Bertz CT molecular complexity index is 687. The number of hydrogen-bond donors (Lipinski definition) is 1. The first-order valence-electron chi connectivity index (χ1n) is 7.65. The molecule has 0 saturated heterocycles. The molecule has 0 fully saturated rings. The van der Waals surface area contributed by atoms with Crippen LogP contribution in [-0.2, 0) is 17.9 Å². The van der Waals surface area contributed by atoms with Gasteiger partial charge >= 0.3 is 0 Å². The maximum Gasteiger partial charge on any atom is 0.252 e. The first-order chi connectivity index (χ1) is 10.6. The SMILES string of the molecule is CCCCc1cccc(=O)n1CNC(C)=O.c1cc2cc-2c1. The summed E-state index contributed by atoms with van der Waals surface area (Å²) < 4.78 is 1.61. The van der Waals surface area contributed by atoms with Crippen LogP contribution in [0.4, 0.5) is 0 Å². The molecule has 1 aromatic heterocycles. The van der Waals surface area contributed by atoms with E-state index >= 15 is 0 Å². The highest BCUT2D eigenvalue weighted by atomic mass is 16.2. The van der Waals surface area contributed by atoms with Gasteiger partial charge in [0, 0.05) is 18.7 Å². The number of unbranched alkanes of at least 4 members (excludes halogenated alkanes) is 1. The van der Waals surface area contributed by atoms with Crippen LogP contribution < -0.4 is 10.9 Å². The van der Waals surface area contributed by atoms with Crippen LogP contribution in [-0.4, -0.2) is 10.5 Å². The third kappa shape index (κ3) is 4.58. The molecule has 4 heteroatoms. The Kier molecular flexibility index (Phi) is 5.53. The summed E-state index contributed by atoms with van der Waals surface area (Å²) in [5.74, 6) is -0.128. The fourth-order valence-corrected chi connectivity index (χ4v) is 2.18. The van der Waals surface area contributed by atoms with Crippen LogP contribution in [0.15, 0.2) is 47.3 Å². The summed E-state index contributed by atoms with van der Waals surface area (Å²) in [4.78, 5) is 22.5. The minimum Gasteiger partial charge on any atom is -0.338 e. The molecule has 1 heterocycles. The normalized spacial score (nSPS) is 10.5. The van der Waals surface area contributed by atoms with E-state index in [-0.39, 0.29) is 18.1 Å². The second kappa shape index (κ2) is 7.59. The number of hydrogen-bond acceptors (Lipinski definition) is 2. The summed E-state index contributed by atoms with van der Waals surface area (Å²) in [5, 5.41) is 2.64. The molecule has 2 aliphatic carbocycles. The molecule has 0 aromatic carbocycles. The molecule has 0 saturated carbocycles. The van der Waals surface area contributed by atoms with Gasteiger partial charge in [-0.2, -0.15) is 0 Å². The van der Waals surface area contributed by atoms with Gasteiger partial charge in [0.05, 0.1) is 6.67 Å². The average molecular weight is 298 g/mol. The van der Waals surface area contributed by atoms with Gasteiger partial charge in [-0.1, -0.05) is 37.6 Å². The lowest BCUT2D eigenvalue weighted by atomic mass is 10.2. The number of carbonyl (C=O) groups is 1. The molecule has 0 atom stereocenters. The van der Waals surface area contributed by atoms with E-state index < -0.39 is 0 Å². The predicted octanol–water partition coefficient (Wildman–Crippen LogP) is 2.95. The van der Waals surface area contributed by atoms with E-state index in [0.717, 1.165) is 25.0 Å². The highest BCUT2D eigenvalue weighted by Gasteiger charge is 2.07. The highest BCUT2D eigenvalue weighted by Crippen LogP contribution is 2.32. The second-order valence-corrected chi connectivity index (χ2v) is 5.36. The van der Waals surface area contributed by atoms with Crippen LogP contribution in [0, 0.1) is 0 Å². The molecule has 0 radical (unpaired) electrons. The lowest BCUT2D eigenvalue weighted by Gasteiger charge is -2.12. The molecule has 0 unspecified atom stereocenters. The summed E-state index contributed by atoms with van der Waals surface area (Å²) in [6, 6.07) is 13.7. The lowest BCUT2D eigenvalue weighted by molar-refractivity contribution is -0.119. The maximum atomic E-state index is 11.6. The van der Waals surface area contributed by atoms with Gasteiger partial charge in [-0.25, -0.2) is 0 Å². The van der Waals surface area contributed by atoms with Crippen LogP contribution >= 0.6 is 0 Å². The van der Waals surface area contributed by atoms with Gasteiger partial charge < -0.3 is 5.32 Å². The lowest BCUT2D eigenvalue weighted by Crippen LogP contribution is -2.32. The van der Waals surface area contributed by atoms with Crippen molar-refractivity contribution in [2.45, 2.75) is 39.8 Å². The third-order valence-electron chi connectivity index (χ3n) is 3.53. The number of fused-ring (bicyclic) bond motifs is 1. The largest absolute Gasteiger partial charge is 0.338 e. The van der Waals surface area contributed by atoms with Gasteiger partial charge in [0.15, 0.2) is 0 Å². The van der Waals surface area contributed by atoms with Crippen molar-refractivity contribution in [1.29, 1.82) is 0 Å². The number of pyridine rings is 1. The fraction of sp³-hybridized carbons (Fsp3) is 0.333. The van der Waals surface area contributed by atoms with E-state index in [0.29, 0.717) is 0 Å². The van der Waals surface area contributed by atoms with Crippen LogP contribution in [0.25, 0.3) is 11.1 Å². The van der Waals surface area contributed by atoms with E-state index in [4.69, 9.17) is 0 Å². The first kappa shape index (κ1) is 16.0. The Morgan fingerprint density at radius 1 is 1.14 bits per heavy atom. The highest BCUT2D eigenvalue weighted by molar-refractivity contribution is 5.80. The maximum absolute atomic E-state index is 11.6. The molecule has 0 aliphatic heterocycles. The van der Waals surface area contributed by atoms with Crippen molar-refractivity contribution in [3.8, 4) is 11.1 Å². The quantitative estimate of drug-likeness (QED) is 0.787. The molecule has 116 valence electrons. The predicted molar refractivity (Wildman–Crippen MR) is 88.6 cm³/mol. The zero-order valence-corrected chi connectivity index (χ0v) is 13.1. The Hall–Kier alpha value is -2.36. The molecule has 2 aliphatic rings. The number of nitrogens with zero attached hydrogens (tertiary/aromatic N) is 1. The summed E-state index contributed by atoms with van der Waals surface area (Å²) in [7, 11) is 0. The van der Waals surface area contributed by atoms with Gasteiger partial charge in [0.1, 0.15) is 0 Å². The van der Waals surface area contributed by atoms with Crippen molar-refractivity contribution in [1.82, 2.24) is 9.88 Å². The van der Waals surface area contributed by atoms with Crippen LogP contribution in [0.3, 0.4) is 0 Å². The topological polar surface area (TPSA) is 51.1 Å². The second-order valence-electron chi connectivity index (χ2n) is 5.36. The number of carbonyl (C=O) groups excluding carboxylic acids is 1. The number of aromatic nitrogens is 1. The van der Waals surface area contributed by atoms with Crippen molar-refractivity contribution in [2.24, 2.45) is 0 Å². The van der Waals surface area contributed by atoms with E-state index in [9.17, 15) is 9.59 Å².